The highest BCUT2D eigenvalue weighted by Crippen LogP contribution is 2.32. The van der Waals surface area contributed by atoms with Gasteiger partial charge in [-0.2, -0.15) is 0 Å². The molecule has 1 aliphatic rings. The Balaban J connectivity index is 1.79. The lowest BCUT2D eigenvalue weighted by Crippen LogP contribution is -2.17. The van der Waals surface area contributed by atoms with Crippen molar-refractivity contribution in [2.75, 3.05) is 24.3 Å². The summed E-state index contributed by atoms with van der Waals surface area (Å²) in [5.41, 5.74) is 6.43. The first-order chi connectivity index (χ1) is 9.72. The van der Waals surface area contributed by atoms with E-state index in [-0.39, 0.29) is 11.6 Å². The lowest BCUT2D eigenvalue weighted by molar-refractivity contribution is 0.102. The molecule has 0 radical (unpaired) electrons. The first-order valence-corrected chi connectivity index (χ1v) is 6.16. The highest BCUT2D eigenvalue weighted by atomic mass is 16.6. The van der Waals surface area contributed by atoms with Gasteiger partial charge in [0.15, 0.2) is 11.5 Å². The third-order valence-electron chi connectivity index (χ3n) is 2.80. The van der Waals surface area contributed by atoms with E-state index >= 15 is 0 Å². The molecule has 20 heavy (non-hydrogen) atoms. The van der Waals surface area contributed by atoms with Gasteiger partial charge in [0.25, 0.3) is 5.91 Å². The molecule has 0 fully saturated rings. The van der Waals surface area contributed by atoms with Gasteiger partial charge in [0.1, 0.15) is 24.7 Å². The number of rotatable bonds is 2. The predicted molar refractivity (Wildman–Crippen MR) is 74.0 cm³/mol. The molecule has 1 amide bonds. The van der Waals surface area contributed by atoms with Crippen LogP contribution < -0.4 is 20.5 Å². The van der Waals surface area contributed by atoms with Gasteiger partial charge in [-0.1, -0.05) is 6.07 Å². The highest BCUT2D eigenvalue weighted by molar-refractivity contribution is 6.03. The maximum atomic E-state index is 12.0. The van der Waals surface area contributed by atoms with Crippen molar-refractivity contribution in [3.05, 3.63) is 42.1 Å². The molecule has 2 heterocycles. The topological polar surface area (TPSA) is 86.5 Å². The fourth-order valence-corrected chi connectivity index (χ4v) is 1.89. The number of amides is 1. The van der Waals surface area contributed by atoms with Crippen molar-refractivity contribution in [1.29, 1.82) is 0 Å². The van der Waals surface area contributed by atoms with Crippen LogP contribution in [0.5, 0.6) is 11.5 Å². The summed E-state index contributed by atoms with van der Waals surface area (Å²) in [6, 6.07) is 10.1. The molecule has 0 saturated heterocycles. The summed E-state index contributed by atoms with van der Waals surface area (Å²) in [5, 5.41) is 2.74. The minimum Gasteiger partial charge on any atom is -0.486 e. The maximum absolute atomic E-state index is 12.0. The van der Waals surface area contributed by atoms with Gasteiger partial charge in [0.2, 0.25) is 0 Å². The molecule has 102 valence electrons. The zero-order valence-corrected chi connectivity index (χ0v) is 10.6. The van der Waals surface area contributed by atoms with E-state index < -0.39 is 0 Å². The first kappa shape index (κ1) is 12.3. The van der Waals surface area contributed by atoms with E-state index in [1.54, 1.807) is 36.4 Å². The highest BCUT2D eigenvalue weighted by Gasteiger charge is 2.13. The van der Waals surface area contributed by atoms with Crippen molar-refractivity contribution in [2.24, 2.45) is 0 Å². The number of nitrogens with two attached hydrogens (primary N) is 1. The number of pyridine rings is 1. The summed E-state index contributed by atoms with van der Waals surface area (Å²) in [5.74, 6) is 1.28. The molecule has 0 spiro atoms. The van der Waals surface area contributed by atoms with Crippen LogP contribution in [0.2, 0.25) is 0 Å². The largest absolute Gasteiger partial charge is 0.486 e. The van der Waals surface area contributed by atoms with Crippen LogP contribution >= 0.6 is 0 Å². The average molecular weight is 271 g/mol. The zero-order chi connectivity index (χ0) is 13.9. The molecule has 0 atom stereocenters. The quantitative estimate of drug-likeness (QED) is 0.868. The molecular weight excluding hydrogens is 258 g/mol. The van der Waals surface area contributed by atoms with E-state index in [4.69, 9.17) is 15.2 Å². The zero-order valence-electron chi connectivity index (χ0n) is 10.6. The van der Waals surface area contributed by atoms with Gasteiger partial charge in [-0.25, -0.2) is 4.98 Å². The van der Waals surface area contributed by atoms with Crippen molar-refractivity contribution in [3.8, 4) is 11.5 Å². The molecule has 1 aromatic carbocycles. The van der Waals surface area contributed by atoms with Gasteiger partial charge in [0, 0.05) is 11.8 Å². The van der Waals surface area contributed by atoms with Crippen LogP contribution in [0, 0.1) is 0 Å². The Labute approximate surface area is 115 Å². The summed E-state index contributed by atoms with van der Waals surface area (Å²) < 4.78 is 10.9. The number of aromatic nitrogens is 1. The monoisotopic (exact) mass is 271 g/mol. The minimum atomic E-state index is -0.325. The Kier molecular flexibility index (Phi) is 3.12. The average Bonchev–Trinajstić information content (AvgIpc) is 2.47. The molecular formula is C14H13N3O3. The van der Waals surface area contributed by atoms with Gasteiger partial charge < -0.3 is 20.5 Å². The molecule has 6 heteroatoms. The number of nitrogens with zero attached hydrogens (tertiary/aromatic N) is 1. The maximum Gasteiger partial charge on any atom is 0.274 e. The van der Waals surface area contributed by atoms with Crippen LogP contribution in [0.3, 0.4) is 0 Å². The van der Waals surface area contributed by atoms with Crippen LogP contribution in [-0.2, 0) is 0 Å². The number of hydrogen-bond acceptors (Lipinski definition) is 5. The van der Waals surface area contributed by atoms with Crippen LogP contribution in [0.15, 0.2) is 36.4 Å². The molecule has 1 aromatic heterocycles. The van der Waals surface area contributed by atoms with Gasteiger partial charge in [-0.05, 0) is 24.3 Å². The lowest BCUT2D eigenvalue weighted by atomic mass is 10.2. The van der Waals surface area contributed by atoms with Crippen molar-refractivity contribution in [3.63, 3.8) is 0 Å². The Bertz CT molecular complexity index is 658. The van der Waals surface area contributed by atoms with Crippen LogP contribution in [0.4, 0.5) is 11.5 Å². The summed E-state index contributed by atoms with van der Waals surface area (Å²) in [7, 11) is 0. The minimum absolute atomic E-state index is 0.264. The van der Waals surface area contributed by atoms with E-state index in [2.05, 4.69) is 10.3 Å². The van der Waals surface area contributed by atoms with E-state index in [0.29, 0.717) is 36.2 Å². The van der Waals surface area contributed by atoms with Crippen molar-refractivity contribution < 1.29 is 14.3 Å². The molecule has 0 aliphatic carbocycles. The normalized spacial score (nSPS) is 12.8. The third kappa shape index (κ3) is 2.49. The molecule has 6 nitrogen and oxygen atoms in total. The number of fused-ring (bicyclic) bond motifs is 1. The number of ether oxygens (including phenoxy) is 2. The summed E-state index contributed by atoms with van der Waals surface area (Å²) in [6.45, 7) is 1.03. The van der Waals surface area contributed by atoms with E-state index in [1.807, 2.05) is 0 Å². The second-order valence-electron chi connectivity index (χ2n) is 4.26. The standard InChI is InChI=1S/C14H13N3O3/c15-13-3-1-2-10(17-13)14(18)16-9-4-5-11-12(8-9)20-7-6-19-11/h1-5,8H,6-7H2,(H2,15,17)(H,16,18). The first-order valence-electron chi connectivity index (χ1n) is 6.16. The van der Waals surface area contributed by atoms with Crippen LogP contribution in [0.1, 0.15) is 10.5 Å². The summed E-state index contributed by atoms with van der Waals surface area (Å²) >= 11 is 0. The van der Waals surface area contributed by atoms with Gasteiger partial charge >= 0.3 is 0 Å². The molecule has 0 bridgehead atoms. The molecule has 3 N–H and O–H groups in total. The number of carbonyl (C=O) groups excluding carboxylic acids is 1. The fraction of sp³-hybridized carbons (Fsp3) is 0.143. The molecule has 0 saturated carbocycles. The second-order valence-corrected chi connectivity index (χ2v) is 4.26. The lowest BCUT2D eigenvalue weighted by Gasteiger charge is -2.18. The smallest absolute Gasteiger partial charge is 0.274 e. The SMILES string of the molecule is Nc1cccc(C(=O)Nc2ccc3c(c2)OCCO3)n1. The number of nitrogens with one attached hydrogen (secondary N) is 1. The van der Waals surface area contributed by atoms with E-state index in [1.165, 1.54) is 0 Å². The second kappa shape index (κ2) is 5.08. The Hall–Kier alpha value is -2.76. The van der Waals surface area contributed by atoms with Crippen molar-refractivity contribution in [1.82, 2.24) is 4.98 Å². The van der Waals surface area contributed by atoms with E-state index in [0.717, 1.165) is 0 Å². The van der Waals surface area contributed by atoms with Crippen LogP contribution in [0.25, 0.3) is 0 Å². The molecule has 1 aliphatic heterocycles. The number of anilines is 2. The van der Waals surface area contributed by atoms with Gasteiger partial charge in [-0.15, -0.1) is 0 Å². The Morgan fingerprint density at radius 3 is 2.75 bits per heavy atom. The van der Waals surface area contributed by atoms with Crippen molar-refractivity contribution >= 4 is 17.4 Å². The predicted octanol–water partition coefficient (Wildman–Crippen LogP) is 1.69. The summed E-state index contributed by atoms with van der Waals surface area (Å²) in [6.07, 6.45) is 0. The molecule has 0 unspecified atom stereocenters. The molecule has 2 aromatic rings. The number of carbonyl (C=O) groups is 1. The summed E-state index contributed by atoms with van der Waals surface area (Å²) in [4.78, 5) is 16.0. The van der Waals surface area contributed by atoms with Gasteiger partial charge in [0.05, 0.1) is 0 Å². The van der Waals surface area contributed by atoms with Gasteiger partial charge in [-0.3, -0.25) is 4.79 Å². The van der Waals surface area contributed by atoms with Crippen molar-refractivity contribution in [2.45, 2.75) is 0 Å². The third-order valence-corrected chi connectivity index (χ3v) is 2.80. The molecule has 3 rings (SSSR count). The van der Waals surface area contributed by atoms with Crippen LogP contribution in [-0.4, -0.2) is 24.1 Å². The number of nitrogen functional groups attached to an aromatic ring is 1. The number of benzene rings is 1. The number of hydrogen-bond donors (Lipinski definition) is 2. The van der Waals surface area contributed by atoms with E-state index in [9.17, 15) is 4.79 Å². The Morgan fingerprint density at radius 2 is 1.95 bits per heavy atom. The Morgan fingerprint density at radius 1 is 1.15 bits per heavy atom. The fourth-order valence-electron chi connectivity index (χ4n) is 1.89.